The van der Waals surface area contributed by atoms with E-state index in [1.165, 1.54) is 44.0 Å². The molecule has 0 bridgehead atoms. The lowest BCUT2D eigenvalue weighted by Gasteiger charge is -2.09. The fraction of sp³-hybridized carbons (Fsp3) is 0.176. The van der Waals surface area contributed by atoms with Crippen LogP contribution in [0.5, 0.6) is 0 Å². The van der Waals surface area contributed by atoms with Crippen molar-refractivity contribution in [3.05, 3.63) is 47.7 Å². The Hall–Kier alpha value is -3.09. The fourth-order valence-corrected chi connectivity index (χ4v) is 3.77. The summed E-state index contributed by atoms with van der Waals surface area (Å²) >= 11 is 1.33. The van der Waals surface area contributed by atoms with Gasteiger partial charge in [-0.15, -0.1) is 11.3 Å². The van der Waals surface area contributed by atoms with Crippen molar-refractivity contribution in [3.8, 4) is 0 Å². The van der Waals surface area contributed by atoms with Crippen LogP contribution in [0.4, 0.5) is 22.5 Å². The molecule has 0 aliphatic heterocycles. The number of carbonyl (C=O) groups excluding carboxylic acids is 1. The molecule has 1 aromatic carbocycles. The summed E-state index contributed by atoms with van der Waals surface area (Å²) in [5, 5.41) is 8.41. The van der Waals surface area contributed by atoms with Gasteiger partial charge in [0, 0.05) is 17.1 Å². The van der Waals surface area contributed by atoms with E-state index in [2.05, 4.69) is 35.0 Å². The Morgan fingerprint density at radius 3 is 2.66 bits per heavy atom. The van der Waals surface area contributed by atoms with Crippen molar-refractivity contribution in [1.29, 1.82) is 0 Å². The van der Waals surface area contributed by atoms with Crippen LogP contribution in [0.15, 0.2) is 46.9 Å². The number of carbonyl (C=O) groups is 1. The van der Waals surface area contributed by atoms with Crippen molar-refractivity contribution in [2.24, 2.45) is 0 Å². The molecular formula is C17H18N6O4S2. The molecule has 3 rings (SSSR count). The number of aromatic nitrogens is 3. The highest BCUT2D eigenvalue weighted by Gasteiger charge is 2.12. The fourth-order valence-electron chi connectivity index (χ4n) is 2.28. The Labute approximate surface area is 171 Å². The van der Waals surface area contributed by atoms with E-state index in [4.69, 9.17) is 0 Å². The number of ether oxygens (including phenoxy) is 1. The largest absolute Gasteiger partial charge is 0.469 e. The van der Waals surface area contributed by atoms with Crippen LogP contribution in [0.25, 0.3) is 0 Å². The third kappa shape index (κ3) is 5.47. The van der Waals surface area contributed by atoms with Gasteiger partial charge < -0.3 is 15.4 Å². The minimum atomic E-state index is -3.55. The number of thiazole rings is 1. The van der Waals surface area contributed by atoms with E-state index in [1.54, 1.807) is 23.6 Å². The monoisotopic (exact) mass is 434 g/mol. The van der Waals surface area contributed by atoms with Gasteiger partial charge in [-0.1, -0.05) is 6.07 Å². The number of hydrogen-bond acceptors (Lipinski definition) is 10. The number of hydrogen-bond donors (Lipinski definition) is 3. The zero-order chi connectivity index (χ0) is 20.9. The average molecular weight is 435 g/mol. The van der Waals surface area contributed by atoms with Crippen LogP contribution in [0.3, 0.4) is 0 Å². The molecule has 0 spiro atoms. The first-order valence-electron chi connectivity index (χ1n) is 8.30. The van der Waals surface area contributed by atoms with Crippen LogP contribution in [0.1, 0.15) is 5.69 Å². The Kier molecular flexibility index (Phi) is 6.36. The standard InChI is InChI=1S/C17H18N6O4S2/c1-18-29(25,26)13-5-3-4-11(6-13)21-14-8-15(20-10-19-14)23-17-22-12(9-28-17)7-16(24)27-2/h3-6,8-10,18H,7H2,1-2H3,(H2,19,20,21,22,23). The molecule has 0 atom stereocenters. The van der Waals surface area contributed by atoms with E-state index >= 15 is 0 Å². The molecule has 152 valence electrons. The summed E-state index contributed by atoms with van der Waals surface area (Å²) in [6.07, 6.45) is 1.46. The van der Waals surface area contributed by atoms with Crippen LogP contribution >= 0.6 is 11.3 Å². The number of anilines is 4. The van der Waals surface area contributed by atoms with Crippen molar-refractivity contribution in [2.75, 3.05) is 24.8 Å². The lowest BCUT2D eigenvalue weighted by molar-refractivity contribution is -0.139. The quantitative estimate of drug-likeness (QED) is 0.455. The van der Waals surface area contributed by atoms with Crippen molar-refractivity contribution in [1.82, 2.24) is 19.7 Å². The molecule has 2 heterocycles. The summed E-state index contributed by atoms with van der Waals surface area (Å²) in [6.45, 7) is 0. The molecule has 0 unspecified atom stereocenters. The second kappa shape index (κ2) is 8.94. The van der Waals surface area contributed by atoms with Gasteiger partial charge in [-0.05, 0) is 25.2 Å². The first-order valence-corrected chi connectivity index (χ1v) is 10.7. The summed E-state index contributed by atoms with van der Waals surface area (Å²) in [6, 6.07) is 8.01. The van der Waals surface area contributed by atoms with E-state index in [0.29, 0.717) is 28.1 Å². The normalized spacial score (nSPS) is 11.1. The second-order valence-corrected chi connectivity index (χ2v) is 8.42. The van der Waals surface area contributed by atoms with Gasteiger partial charge in [0.25, 0.3) is 0 Å². The zero-order valence-corrected chi connectivity index (χ0v) is 17.2. The average Bonchev–Trinajstić information content (AvgIpc) is 3.15. The Morgan fingerprint density at radius 1 is 1.17 bits per heavy atom. The molecule has 0 saturated heterocycles. The molecule has 29 heavy (non-hydrogen) atoms. The van der Waals surface area contributed by atoms with Gasteiger partial charge in [-0.2, -0.15) is 0 Å². The highest BCUT2D eigenvalue weighted by molar-refractivity contribution is 7.89. The van der Waals surface area contributed by atoms with Crippen molar-refractivity contribution in [3.63, 3.8) is 0 Å². The SMILES string of the molecule is CNS(=O)(=O)c1cccc(Nc2cc(Nc3nc(CC(=O)OC)cs3)ncn2)c1. The molecule has 2 aromatic heterocycles. The van der Waals surface area contributed by atoms with Crippen LogP contribution in [-0.4, -0.2) is 43.5 Å². The third-order valence-electron chi connectivity index (χ3n) is 3.69. The van der Waals surface area contributed by atoms with E-state index in [0.717, 1.165) is 0 Å². The lowest BCUT2D eigenvalue weighted by Crippen LogP contribution is -2.18. The van der Waals surface area contributed by atoms with Crippen LogP contribution in [-0.2, 0) is 26.0 Å². The molecule has 0 amide bonds. The smallest absolute Gasteiger partial charge is 0.311 e. The van der Waals surface area contributed by atoms with Gasteiger partial charge in [-0.25, -0.2) is 28.1 Å². The van der Waals surface area contributed by atoms with E-state index < -0.39 is 10.0 Å². The topological polar surface area (TPSA) is 135 Å². The van der Waals surface area contributed by atoms with E-state index in [9.17, 15) is 13.2 Å². The van der Waals surface area contributed by atoms with Gasteiger partial charge in [-0.3, -0.25) is 4.79 Å². The molecule has 12 heteroatoms. The van der Waals surface area contributed by atoms with Crippen molar-refractivity contribution >= 4 is 49.8 Å². The lowest BCUT2D eigenvalue weighted by atomic mass is 10.3. The number of nitrogens with zero attached hydrogens (tertiary/aromatic N) is 3. The molecular weight excluding hydrogens is 416 g/mol. The Balaban J connectivity index is 1.72. The minimum Gasteiger partial charge on any atom is -0.469 e. The maximum atomic E-state index is 11.9. The highest BCUT2D eigenvalue weighted by Crippen LogP contribution is 2.23. The molecule has 3 N–H and O–H groups in total. The van der Waals surface area contributed by atoms with Gasteiger partial charge in [0.15, 0.2) is 5.13 Å². The Morgan fingerprint density at radius 2 is 1.93 bits per heavy atom. The summed E-state index contributed by atoms with van der Waals surface area (Å²) in [5.74, 6) is 0.589. The van der Waals surface area contributed by atoms with Gasteiger partial charge >= 0.3 is 5.97 Å². The molecule has 0 aliphatic rings. The van der Waals surface area contributed by atoms with E-state index in [-0.39, 0.29) is 17.3 Å². The molecule has 0 aliphatic carbocycles. The summed E-state index contributed by atoms with van der Waals surface area (Å²) in [4.78, 5) is 24.0. The predicted octanol–water partition coefficient (Wildman–Crippen LogP) is 2.04. The van der Waals surface area contributed by atoms with Crippen LogP contribution in [0.2, 0.25) is 0 Å². The highest BCUT2D eigenvalue weighted by atomic mass is 32.2. The number of rotatable bonds is 8. The van der Waals surface area contributed by atoms with Crippen molar-refractivity contribution < 1.29 is 17.9 Å². The molecule has 0 fully saturated rings. The summed E-state index contributed by atoms with van der Waals surface area (Å²) in [5.41, 5.74) is 1.15. The predicted molar refractivity (Wildman–Crippen MR) is 109 cm³/mol. The van der Waals surface area contributed by atoms with Crippen molar-refractivity contribution in [2.45, 2.75) is 11.3 Å². The maximum absolute atomic E-state index is 11.9. The molecule has 0 radical (unpaired) electrons. The first kappa shape index (κ1) is 20.6. The summed E-state index contributed by atoms with van der Waals surface area (Å²) in [7, 11) is -0.864. The van der Waals surface area contributed by atoms with Gasteiger partial charge in [0.05, 0.1) is 24.1 Å². The van der Waals surface area contributed by atoms with Crippen LogP contribution < -0.4 is 15.4 Å². The van der Waals surface area contributed by atoms with Gasteiger partial charge in [0.2, 0.25) is 10.0 Å². The first-order chi connectivity index (χ1) is 13.9. The molecule has 3 aromatic rings. The number of benzene rings is 1. The van der Waals surface area contributed by atoms with Gasteiger partial charge in [0.1, 0.15) is 18.0 Å². The number of esters is 1. The number of methoxy groups -OCH3 is 1. The van der Waals surface area contributed by atoms with E-state index in [1.807, 2.05) is 0 Å². The number of nitrogens with one attached hydrogen (secondary N) is 3. The maximum Gasteiger partial charge on any atom is 0.311 e. The minimum absolute atomic E-state index is 0.0944. The second-order valence-electron chi connectivity index (χ2n) is 5.67. The third-order valence-corrected chi connectivity index (χ3v) is 5.91. The number of sulfonamides is 1. The molecule has 10 nitrogen and oxygen atoms in total. The Bertz CT molecular complexity index is 1120. The van der Waals surface area contributed by atoms with Crippen LogP contribution in [0, 0.1) is 0 Å². The summed E-state index contributed by atoms with van der Waals surface area (Å²) < 4.78 is 30.8. The molecule has 0 saturated carbocycles. The zero-order valence-electron chi connectivity index (χ0n) is 15.5.